The Morgan fingerprint density at radius 2 is 2.12 bits per heavy atom. The molecular weight excluding hydrogens is 326 g/mol. The van der Waals surface area contributed by atoms with Crippen LogP contribution in [0.3, 0.4) is 0 Å². The van der Waals surface area contributed by atoms with Crippen molar-refractivity contribution in [3.05, 3.63) is 55.7 Å². The van der Waals surface area contributed by atoms with E-state index < -0.39 is 29.5 Å². The van der Waals surface area contributed by atoms with Crippen LogP contribution in [0, 0.1) is 25.2 Å². The molecule has 25 heavy (non-hydrogen) atoms. The number of nitrogens with one attached hydrogen (secondary N) is 2. The van der Waals surface area contributed by atoms with Gasteiger partial charge in [-0.05, 0) is 37.1 Å². The largest absolute Gasteiger partial charge is 0.493 e. The zero-order valence-corrected chi connectivity index (χ0v) is 13.5. The summed E-state index contributed by atoms with van der Waals surface area (Å²) >= 11 is 0. The number of aromatic nitrogens is 2. The topological polar surface area (TPSA) is 140 Å². The van der Waals surface area contributed by atoms with Crippen LogP contribution in [0.1, 0.15) is 23.1 Å². The minimum Gasteiger partial charge on any atom is -0.493 e. The molecule has 2 aromatic rings. The van der Waals surface area contributed by atoms with Crippen LogP contribution in [0.4, 0.5) is 0 Å². The fourth-order valence-electron chi connectivity index (χ4n) is 2.04. The first-order chi connectivity index (χ1) is 11.8. The number of hydrogen-bond donors (Lipinski definition) is 3. The van der Waals surface area contributed by atoms with Crippen LogP contribution in [0.25, 0.3) is 5.69 Å². The first kappa shape index (κ1) is 17.7. The van der Waals surface area contributed by atoms with Crippen molar-refractivity contribution in [2.75, 3.05) is 0 Å². The summed E-state index contributed by atoms with van der Waals surface area (Å²) in [6, 6.07) is 6.72. The van der Waals surface area contributed by atoms with Gasteiger partial charge in [0.25, 0.3) is 11.5 Å². The number of H-pyrrole nitrogens is 1. The molecule has 1 heterocycles. The standard InChI is InChI=1S/C16H15N5O4/c1-9-3-4-11(7-10(9)2)21-15(24)12(14(23)19-16(21)25)8-18-20-13(22)5-6-17/h3-4,7-8,24H,5H2,1-2H3,(H,20,22)(H,19,23,25). The number of hydrazone groups is 1. The van der Waals surface area contributed by atoms with E-state index in [4.69, 9.17) is 5.26 Å². The van der Waals surface area contributed by atoms with Crippen molar-refractivity contribution in [3.8, 4) is 17.6 Å². The van der Waals surface area contributed by atoms with Gasteiger partial charge in [-0.25, -0.2) is 14.8 Å². The summed E-state index contributed by atoms with van der Waals surface area (Å²) in [5, 5.41) is 22.2. The van der Waals surface area contributed by atoms with Crippen LogP contribution in [0.15, 0.2) is 32.9 Å². The second-order valence-electron chi connectivity index (χ2n) is 5.23. The third kappa shape index (κ3) is 3.81. The van der Waals surface area contributed by atoms with E-state index in [1.165, 1.54) is 0 Å². The minimum absolute atomic E-state index is 0.310. The molecular formula is C16H15N5O4. The van der Waals surface area contributed by atoms with E-state index in [1.807, 2.05) is 19.3 Å². The number of rotatable bonds is 4. The zero-order chi connectivity index (χ0) is 18.6. The molecule has 0 aliphatic heterocycles. The van der Waals surface area contributed by atoms with Gasteiger partial charge in [0, 0.05) is 0 Å². The molecule has 0 saturated carbocycles. The molecule has 0 atom stereocenters. The van der Waals surface area contributed by atoms with Gasteiger partial charge in [-0.2, -0.15) is 10.4 Å². The molecule has 1 aromatic carbocycles. The number of benzene rings is 1. The van der Waals surface area contributed by atoms with Crippen LogP contribution in [-0.4, -0.2) is 26.8 Å². The van der Waals surface area contributed by atoms with Crippen molar-refractivity contribution in [1.82, 2.24) is 15.0 Å². The Balaban J connectivity index is 2.50. The maximum absolute atomic E-state index is 12.1. The fraction of sp³-hybridized carbons (Fsp3) is 0.188. The third-order valence-electron chi connectivity index (χ3n) is 3.49. The third-order valence-corrected chi connectivity index (χ3v) is 3.49. The summed E-state index contributed by atoms with van der Waals surface area (Å²) in [5.41, 5.74) is 2.32. The Morgan fingerprint density at radius 1 is 1.40 bits per heavy atom. The number of carbonyl (C=O) groups excluding carboxylic acids is 1. The summed E-state index contributed by atoms with van der Waals surface area (Å²) in [6.07, 6.45) is 0.502. The van der Waals surface area contributed by atoms with Crippen molar-refractivity contribution < 1.29 is 9.90 Å². The molecule has 0 bridgehead atoms. The molecule has 9 heteroatoms. The average molecular weight is 341 g/mol. The molecule has 128 valence electrons. The molecule has 1 aromatic heterocycles. The predicted molar refractivity (Wildman–Crippen MR) is 89.8 cm³/mol. The van der Waals surface area contributed by atoms with Gasteiger partial charge >= 0.3 is 5.69 Å². The van der Waals surface area contributed by atoms with E-state index in [0.717, 1.165) is 21.9 Å². The number of nitriles is 1. The molecule has 0 aliphatic rings. The van der Waals surface area contributed by atoms with Crippen molar-refractivity contribution in [2.45, 2.75) is 20.3 Å². The molecule has 0 aliphatic carbocycles. The summed E-state index contributed by atoms with van der Waals surface area (Å²) < 4.78 is 0.923. The second-order valence-corrected chi connectivity index (χ2v) is 5.23. The number of amides is 1. The fourth-order valence-corrected chi connectivity index (χ4v) is 2.04. The lowest BCUT2D eigenvalue weighted by Crippen LogP contribution is -2.31. The maximum Gasteiger partial charge on any atom is 0.335 e. The number of carbonyl (C=O) groups is 1. The normalized spacial score (nSPS) is 10.6. The lowest BCUT2D eigenvalue weighted by atomic mass is 10.1. The zero-order valence-electron chi connectivity index (χ0n) is 13.5. The summed E-state index contributed by atoms with van der Waals surface area (Å²) in [4.78, 5) is 37.2. The van der Waals surface area contributed by atoms with Gasteiger partial charge in [0.05, 0.1) is 18.0 Å². The van der Waals surface area contributed by atoms with Crippen molar-refractivity contribution in [2.24, 2.45) is 5.10 Å². The molecule has 0 fully saturated rings. The van der Waals surface area contributed by atoms with E-state index in [-0.39, 0.29) is 5.56 Å². The van der Waals surface area contributed by atoms with E-state index in [0.29, 0.717) is 5.69 Å². The monoisotopic (exact) mass is 341 g/mol. The van der Waals surface area contributed by atoms with Crippen molar-refractivity contribution in [3.63, 3.8) is 0 Å². The van der Waals surface area contributed by atoms with Gasteiger partial charge in [-0.3, -0.25) is 14.6 Å². The predicted octanol–water partition coefficient (Wildman–Crippen LogP) is 0.212. The molecule has 0 saturated heterocycles. The van der Waals surface area contributed by atoms with Gasteiger partial charge in [-0.15, -0.1) is 0 Å². The smallest absolute Gasteiger partial charge is 0.335 e. The summed E-state index contributed by atoms with van der Waals surface area (Å²) in [7, 11) is 0. The highest BCUT2D eigenvalue weighted by Crippen LogP contribution is 2.18. The second kappa shape index (κ2) is 7.27. The Kier molecular flexibility index (Phi) is 5.14. The molecule has 0 unspecified atom stereocenters. The molecule has 0 spiro atoms. The van der Waals surface area contributed by atoms with E-state index in [1.54, 1.807) is 24.3 Å². The molecule has 1 amide bonds. The SMILES string of the molecule is Cc1ccc(-n2c(O)c(C=NNC(=O)CC#N)c(=O)[nH]c2=O)cc1C. The van der Waals surface area contributed by atoms with Gasteiger partial charge in [-0.1, -0.05) is 6.07 Å². The van der Waals surface area contributed by atoms with E-state index in [2.05, 4.69) is 10.1 Å². The maximum atomic E-state index is 12.1. The number of hydrogen-bond acceptors (Lipinski definition) is 6. The number of aromatic amines is 1. The van der Waals surface area contributed by atoms with Crippen molar-refractivity contribution in [1.29, 1.82) is 5.26 Å². The van der Waals surface area contributed by atoms with E-state index >= 15 is 0 Å². The van der Waals surface area contributed by atoms with Crippen LogP contribution < -0.4 is 16.7 Å². The molecule has 0 radical (unpaired) electrons. The van der Waals surface area contributed by atoms with Gasteiger partial charge in [0.2, 0.25) is 5.88 Å². The summed E-state index contributed by atoms with van der Waals surface area (Å²) in [6.45, 7) is 3.75. The number of aryl methyl sites for hydroxylation is 2. The van der Waals surface area contributed by atoms with Crippen molar-refractivity contribution >= 4 is 12.1 Å². The average Bonchev–Trinajstić information content (AvgIpc) is 2.54. The first-order valence-electron chi connectivity index (χ1n) is 7.20. The van der Waals surface area contributed by atoms with Gasteiger partial charge < -0.3 is 5.11 Å². The number of aromatic hydroxyl groups is 1. The van der Waals surface area contributed by atoms with Gasteiger partial charge in [0.15, 0.2) is 0 Å². The highest BCUT2D eigenvalue weighted by molar-refractivity contribution is 5.84. The number of nitrogens with zero attached hydrogens (tertiary/aromatic N) is 3. The van der Waals surface area contributed by atoms with E-state index in [9.17, 15) is 19.5 Å². The molecule has 9 nitrogen and oxygen atoms in total. The Labute approximate surface area is 141 Å². The molecule has 2 rings (SSSR count). The van der Waals surface area contributed by atoms with Crippen LogP contribution in [-0.2, 0) is 4.79 Å². The highest BCUT2D eigenvalue weighted by Gasteiger charge is 2.14. The van der Waals surface area contributed by atoms with Gasteiger partial charge in [0.1, 0.15) is 12.0 Å². The van der Waals surface area contributed by atoms with Crippen LogP contribution >= 0.6 is 0 Å². The highest BCUT2D eigenvalue weighted by atomic mass is 16.3. The Bertz CT molecular complexity index is 1010. The quantitative estimate of drug-likeness (QED) is 0.538. The van der Waals surface area contributed by atoms with Crippen LogP contribution in [0.2, 0.25) is 0 Å². The van der Waals surface area contributed by atoms with Crippen LogP contribution in [0.5, 0.6) is 5.88 Å². The Morgan fingerprint density at radius 3 is 2.76 bits per heavy atom. The molecule has 3 N–H and O–H groups in total. The first-order valence-corrected chi connectivity index (χ1v) is 7.20. The summed E-state index contributed by atoms with van der Waals surface area (Å²) in [5.74, 6) is -1.28. The lowest BCUT2D eigenvalue weighted by Gasteiger charge is -2.11. The Hall–Kier alpha value is -3.67. The lowest BCUT2D eigenvalue weighted by molar-refractivity contribution is -0.120. The minimum atomic E-state index is -0.860.